The van der Waals surface area contributed by atoms with Crippen molar-refractivity contribution in [3.05, 3.63) is 29.8 Å². The Hall–Kier alpha value is -1.59. The minimum Gasteiger partial charge on any atom is -0.385 e. The number of methoxy groups -OCH3 is 1. The van der Waals surface area contributed by atoms with E-state index in [-0.39, 0.29) is 5.91 Å². The van der Waals surface area contributed by atoms with Crippen molar-refractivity contribution in [3.63, 3.8) is 0 Å². The number of nitrogens with one attached hydrogen (secondary N) is 2. The lowest BCUT2D eigenvalue weighted by atomic mass is 10.1. The van der Waals surface area contributed by atoms with Gasteiger partial charge in [0.25, 0.3) is 5.91 Å². The first-order valence-corrected chi connectivity index (χ1v) is 6.12. The highest BCUT2D eigenvalue weighted by Gasteiger charge is 2.08. The van der Waals surface area contributed by atoms with E-state index < -0.39 is 0 Å². The fourth-order valence-electron chi connectivity index (χ4n) is 1.65. The fourth-order valence-corrected chi connectivity index (χ4v) is 1.65. The van der Waals surface area contributed by atoms with Gasteiger partial charge in [0.2, 0.25) is 0 Å². The molecule has 0 radical (unpaired) electrons. The van der Waals surface area contributed by atoms with E-state index in [2.05, 4.69) is 10.7 Å². The topological polar surface area (TPSA) is 76.4 Å². The lowest BCUT2D eigenvalue weighted by Gasteiger charge is -2.09. The van der Waals surface area contributed by atoms with Gasteiger partial charge in [-0.1, -0.05) is 12.1 Å². The van der Waals surface area contributed by atoms with Crippen LogP contribution in [0.15, 0.2) is 24.3 Å². The number of para-hydroxylation sites is 1. The highest BCUT2D eigenvalue weighted by molar-refractivity contribution is 5.99. The molecule has 0 aromatic heterocycles. The number of carbonyl (C=O) groups excluding carboxylic acids is 1. The number of hydrazine groups is 1. The van der Waals surface area contributed by atoms with Crippen LogP contribution < -0.4 is 16.6 Å². The molecule has 5 heteroatoms. The first-order valence-electron chi connectivity index (χ1n) is 6.12. The molecular formula is C13H21N3O2. The van der Waals surface area contributed by atoms with Gasteiger partial charge < -0.3 is 15.5 Å². The molecule has 100 valence electrons. The molecule has 0 atom stereocenters. The maximum atomic E-state index is 11.9. The number of carbonyl (C=O) groups is 1. The Balaban J connectivity index is 2.32. The van der Waals surface area contributed by atoms with E-state index in [1.54, 1.807) is 19.2 Å². The number of unbranched alkanes of at least 4 members (excludes halogenated alkanes) is 2. The van der Waals surface area contributed by atoms with Crippen LogP contribution in [0.4, 0.5) is 5.69 Å². The second kappa shape index (κ2) is 8.49. The summed E-state index contributed by atoms with van der Waals surface area (Å²) in [4.78, 5) is 11.9. The van der Waals surface area contributed by atoms with Gasteiger partial charge in [0.05, 0.1) is 11.3 Å². The van der Waals surface area contributed by atoms with Crippen molar-refractivity contribution >= 4 is 11.6 Å². The first-order chi connectivity index (χ1) is 8.79. The lowest BCUT2D eigenvalue weighted by Crippen LogP contribution is -2.26. The van der Waals surface area contributed by atoms with E-state index in [4.69, 9.17) is 10.6 Å². The molecule has 0 spiro atoms. The SMILES string of the molecule is COCCCCCNC(=O)c1ccccc1NN. The van der Waals surface area contributed by atoms with E-state index in [0.717, 1.165) is 25.9 Å². The number of amides is 1. The molecule has 0 saturated carbocycles. The molecule has 0 aliphatic heterocycles. The summed E-state index contributed by atoms with van der Waals surface area (Å²) in [7, 11) is 1.69. The van der Waals surface area contributed by atoms with E-state index in [1.165, 1.54) is 0 Å². The van der Waals surface area contributed by atoms with Gasteiger partial charge in [-0.3, -0.25) is 10.6 Å². The molecule has 0 saturated heterocycles. The van der Waals surface area contributed by atoms with Crippen molar-refractivity contribution in [2.75, 3.05) is 25.7 Å². The summed E-state index contributed by atoms with van der Waals surface area (Å²) < 4.78 is 4.96. The molecule has 0 unspecified atom stereocenters. The van der Waals surface area contributed by atoms with Gasteiger partial charge in [-0.2, -0.15) is 0 Å². The van der Waals surface area contributed by atoms with E-state index in [9.17, 15) is 4.79 Å². The number of nitrogens with two attached hydrogens (primary N) is 1. The Kier molecular flexibility index (Phi) is 6.83. The molecule has 0 fully saturated rings. The number of benzene rings is 1. The Labute approximate surface area is 108 Å². The third-order valence-electron chi connectivity index (χ3n) is 2.64. The predicted molar refractivity (Wildman–Crippen MR) is 72.3 cm³/mol. The highest BCUT2D eigenvalue weighted by atomic mass is 16.5. The van der Waals surface area contributed by atoms with Gasteiger partial charge in [-0.25, -0.2) is 0 Å². The Morgan fingerprint density at radius 2 is 2.06 bits per heavy atom. The molecule has 1 aromatic carbocycles. The number of ether oxygens (including phenoxy) is 1. The van der Waals surface area contributed by atoms with Crippen LogP contribution in [0.5, 0.6) is 0 Å². The van der Waals surface area contributed by atoms with Gasteiger partial charge in [0, 0.05) is 20.3 Å². The molecule has 0 aliphatic carbocycles. The van der Waals surface area contributed by atoms with Crippen molar-refractivity contribution in [1.29, 1.82) is 0 Å². The van der Waals surface area contributed by atoms with Crippen LogP contribution in [-0.2, 0) is 4.74 Å². The average molecular weight is 251 g/mol. The molecule has 0 heterocycles. The second-order valence-corrected chi connectivity index (χ2v) is 4.00. The number of rotatable bonds is 8. The summed E-state index contributed by atoms with van der Waals surface area (Å²) in [5.74, 6) is 5.25. The lowest BCUT2D eigenvalue weighted by molar-refractivity contribution is 0.0953. The number of hydrogen-bond acceptors (Lipinski definition) is 4. The minimum atomic E-state index is -0.102. The summed E-state index contributed by atoms with van der Waals surface area (Å²) >= 11 is 0. The quantitative estimate of drug-likeness (QED) is 0.372. The second-order valence-electron chi connectivity index (χ2n) is 4.00. The van der Waals surface area contributed by atoms with Crippen molar-refractivity contribution < 1.29 is 9.53 Å². The van der Waals surface area contributed by atoms with Crippen LogP contribution in [-0.4, -0.2) is 26.2 Å². The molecule has 1 amide bonds. The number of anilines is 1. The van der Waals surface area contributed by atoms with Gasteiger partial charge in [0.1, 0.15) is 0 Å². The van der Waals surface area contributed by atoms with Crippen molar-refractivity contribution in [3.8, 4) is 0 Å². The predicted octanol–water partition coefficient (Wildman–Crippen LogP) is 1.52. The fraction of sp³-hybridized carbons (Fsp3) is 0.462. The third kappa shape index (κ3) is 4.73. The number of nitrogen functional groups attached to an aromatic ring is 1. The smallest absolute Gasteiger partial charge is 0.253 e. The largest absolute Gasteiger partial charge is 0.385 e. The first kappa shape index (κ1) is 14.5. The summed E-state index contributed by atoms with van der Waals surface area (Å²) in [5.41, 5.74) is 3.72. The van der Waals surface area contributed by atoms with Crippen LogP contribution >= 0.6 is 0 Å². The van der Waals surface area contributed by atoms with Crippen LogP contribution in [0.1, 0.15) is 29.6 Å². The van der Waals surface area contributed by atoms with Crippen molar-refractivity contribution in [2.45, 2.75) is 19.3 Å². The zero-order chi connectivity index (χ0) is 13.2. The molecule has 0 bridgehead atoms. The third-order valence-corrected chi connectivity index (χ3v) is 2.64. The van der Waals surface area contributed by atoms with Gasteiger partial charge in [0.15, 0.2) is 0 Å². The van der Waals surface area contributed by atoms with E-state index >= 15 is 0 Å². The summed E-state index contributed by atoms with van der Waals surface area (Å²) in [6, 6.07) is 7.16. The molecule has 1 aromatic rings. The minimum absolute atomic E-state index is 0.102. The van der Waals surface area contributed by atoms with Crippen LogP contribution in [0.2, 0.25) is 0 Å². The van der Waals surface area contributed by atoms with Gasteiger partial charge in [-0.05, 0) is 31.4 Å². The maximum Gasteiger partial charge on any atom is 0.253 e. The molecule has 0 aliphatic rings. The summed E-state index contributed by atoms with van der Waals surface area (Å²) in [6.07, 6.45) is 3.02. The molecule has 4 N–H and O–H groups in total. The van der Waals surface area contributed by atoms with Gasteiger partial charge in [-0.15, -0.1) is 0 Å². The van der Waals surface area contributed by atoms with Crippen LogP contribution in [0, 0.1) is 0 Å². The summed E-state index contributed by atoms with van der Waals surface area (Å²) in [5, 5.41) is 2.88. The molecular weight excluding hydrogens is 230 g/mol. The Morgan fingerprint density at radius 3 is 2.78 bits per heavy atom. The van der Waals surface area contributed by atoms with E-state index in [0.29, 0.717) is 17.8 Å². The summed E-state index contributed by atoms with van der Waals surface area (Å²) in [6.45, 7) is 1.44. The van der Waals surface area contributed by atoms with Gasteiger partial charge >= 0.3 is 0 Å². The van der Waals surface area contributed by atoms with E-state index in [1.807, 2.05) is 12.1 Å². The zero-order valence-electron chi connectivity index (χ0n) is 10.7. The normalized spacial score (nSPS) is 10.1. The van der Waals surface area contributed by atoms with Crippen molar-refractivity contribution in [2.24, 2.45) is 5.84 Å². The average Bonchev–Trinajstić information content (AvgIpc) is 2.42. The Morgan fingerprint density at radius 1 is 1.28 bits per heavy atom. The monoisotopic (exact) mass is 251 g/mol. The standard InChI is InChI=1S/C13H21N3O2/c1-18-10-6-2-5-9-15-13(17)11-7-3-4-8-12(11)16-14/h3-4,7-8,16H,2,5-6,9-10,14H2,1H3,(H,15,17). The highest BCUT2D eigenvalue weighted by Crippen LogP contribution is 2.12. The van der Waals surface area contributed by atoms with Crippen LogP contribution in [0.25, 0.3) is 0 Å². The Bertz CT molecular complexity index is 369. The van der Waals surface area contributed by atoms with Crippen molar-refractivity contribution in [1.82, 2.24) is 5.32 Å². The molecule has 5 nitrogen and oxygen atoms in total. The van der Waals surface area contributed by atoms with Crippen LogP contribution in [0.3, 0.4) is 0 Å². The molecule has 18 heavy (non-hydrogen) atoms. The zero-order valence-corrected chi connectivity index (χ0v) is 10.7. The number of hydrogen-bond donors (Lipinski definition) is 3. The molecule has 1 rings (SSSR count). The maximum absolute atomic E-state index is 11.9.